The number of ether oxygens (including phenoxy) is 9. The molecule has 0 unspecified atom stereocenters. The molecule has 1 aliphatic heterocycles. The second-order valence-corrected chi connectivity index (χ2v) is 24.9. The summed E-state index contributed by atoms with van der Waals surface area (Å²) in [6, 6.07) is 12.8. The van der Waals surface area contributed by atoms with Crippen molar-refractivity contribution in [1.29, 1.82) is 0 Å². The van der Waals surface area contributed by atoms with Crippen molar-refractivity contribution in [3.63, 3.8) is 0 Å². The first kappa shape index (κ1) is 60.8. The number of Topliss-reactive ketones (excluding diaryl/α,β-unsaturated/α-hetero) is 1. The van der Waals surface area contributed by atoms with Crippen LogP contribution < -0.4 is 5.32 Å². The number of amides is 1. The molecule has 2 bridgehead atoms. The molecule has 19 nitrogen and oxygen atoms in total. The molecule has 2 aromatic rings. The second-order valence-electron chi connectivity index (χ2n) is 19.9. The van der Waals surface area contributed by atoms with Gasteiger partial charge in [-0.3, -0.25) is 9.59 Å². The van der Waals surface area contributed by atoms with Crippen LogP contribution in [0.3, 0.4) is 0 Å². The highest BCUT2D eigenvalue weighted by Crippen LogP contribution is 2.65. The van der Waals surface area contributed by atoms with E-state index in [-0.39, 0.29) is 22.3 Å². The fourth-order valence-electron chi connectivity index (χ4n) is 10.4. The van der Waals surface area contributed by atoms with Crippen LogP contribution in [-0.2, 0) is 57.0 Å². The predicted molar refractivity (Wildman–Crippen MR) is 265 cm³/mol. The van der Waals surface area contributed by atoms with Crippen LogP contribution >= 0.6 is 69.6 Å². The summed E-state index contributed by atoms with van der Waals surface area (Å²) in [5, 5.41) is 28.1. The minimum Gasteiger partial charge on any atom is -0.456 e. The molecule has 418 valence electrons. The van der Waals surface area contributed by atoms with E-state index in [1.165, 1.54) is 76.2 Å². The normalized spacial score (nSPS) is 28.8. The van der Waals surface area contributed by atoms with Crippen molar-refractivity contribution < 1.29 is 95.2 Å². The summed E-state index contributed by atoms with van der Waals surface area (Å²) in [6.45, 7) is 5.81. The molecular weight excluding hydrogens is 1140 g/mol. The van der Waals surface area contributed by atoms with Gasteiger partial charge in [0.15, 0.2) is 29.2 Å². The molecule has 76 heavy (non-hydrogen) atoms. The lowest BCUT2D eigenvalue weighted by Gasteiger charge is -2.67. The number of fused-ring (bicyclic) bond motifs is 5. The van der Waals surface area contributed by atoms with Crippen LogP contribution in [0.5, 0.6) is 0 Å². The van der Waals surface area contributed by atoms with Crippen LogP contribution in [0.25, 0.3) is 0 Å². The van der Waals surface area contributed by atoms with Gasteiger partial charge in [-0.05, 0) is 56.5 Å². The molecule has 1 heterocycles. The smallest absolute Gasteiger partial charge is 0.456 e. The zero-order valence-electron chi connectivity index (χ0n) is 41.5. The highest BCUT2D eigenvalue weighted by Gasteiger charge is 2.79. The molecule has 0 aromatic heterocycles. The first-order valence-corrected chi connectivity index (χ1v) is 25.4. The predicted octanol–water partition coefficient (Wildman–Crippen LogP) is 8.57. The van der Waals surface area contributed by atoms with Crippen molar-refractivity contribution in [1.82, 2.24) is 5.32 Å². The van der Waals surface area contributed by atoms with Gasteiger partial charge in [0.05, 0.1) is 29.5 Å². The minimum atomic E-state index is -3.16. The maximum atomic E-state index is 16.3. The van der Waals surface area contributed by atoms with Gasteiger partial charge in [-0.15, -0.1) is 0 Å². The van der Waals surface area contributed by atoms with Crippen LogP contribution in [0.4, 0.5) is 23.2 Å². The van der Waals surface area contributed by atoms with E-state index < -0.39 is 165 Å². The summed E-state index contributed by atoms with van der Waals surface area (Å²) < 4.78 is 74.6. The number of hydrogen-bond donors (Lipinski definition) is 3. The highest BCUT2D eigenvalue weighted by atomic mass is 35.6. The van der Waals surface area contributed by atoms with Gasteiger partial charge >= 0.3 is 36.3 Å². The molecular formula is C49H53Cl6F2NO18. The van der Waals surface area contributed by atoms with Crippen LogP contribution in [0.1, 0.15) is 83.3 Å². The second kappa shape index (κ2) is 22.7. The van der Waals surface area contributed by atoms with Crippen LogP contribution in [0, 0.1) is 16.7 Å². The van der Waals surface area contributed by atoms with E-state index in [0.29, 0.717) is 0 Å². The quantitative estimate of drug-likeness (QED) is 0.0693. The number of hydrogen-bond acceptors (Lipinski definition) is 18. The average molecular weight is 1190 g/mol. The average Bonchev–Trinajstić information content (AvgIpc) is 3.32. The van der Waals surface area contributed by atoms with Crippen LogP contribution in [-0.4, -0.2) is 140 Å². The van der Waals surface area contributed by atoms with E-state index >= 15 is 4.79 Å². The zero-order valence-corrected chi connectivity index (χ0v) is 46.0. The van der Waals surface area contributed by atoms with Crippen LogP contribution in [0.2, 0.25) is 0 Å². The molecule has 27 heteroatoms. The van der Waals surface area contributed by atoms with Crippen molar-refractivity contribution in [2.75, 3.05) is 19.8 Å². The molecule has 3 aliphatic carbocycles. The van der Waals surface area contributed by atoms with Crippen molar-refractivity contribution in [2.24, 2.45) is 16.7 Å². The molecule has 1 amide bonds. The fourth-order valence-corrected chi connectivity index (χ4v) is 10.7. The highest BCUT2D eigenvalue weighted by molar-refractivity contribution is 6.68. The van der Waals surface area contributed by atoms with Crippen LogP contribution in [0.15, 0.2) is 71.8 Å². The van der Waals surface area contributed by atoms with Gasteiger partial charge in [0.1, 0.15) is 43.2 Å². The summed E-state index contributed by atoms with van der Waals surface area (Å²) in [7, 11) is 0. The number of alkyl carbamates (subject to hydrolysis) is 1. The van der Waals surface area contributed by atoms with Crippen molar-refractivity contribution in [3.05, 3.63) is 82.9 Å². The molecule has 1 saturated heterocycles. The Morgan fingerprint density at radius 3 is 1.91 bits per heavy atom. The van der Waals surface area contributed by atoms with Gasteiger partial charge in [0.25, 0.3) is 6.43 Å². The Morgan fingerprint density at radius 1 is 0.842 bits per heavy atom. The first-order valence-electron chi connectivity index (χ1n) is 23.2. The maximum absolute atomic E-state index is 16.3. The Bertz CT molecular complexity index is 2580. The molecule has 3 fully saturated rings. The third kappa shape index (κ3) is 12.5. The van der Waals surface area contributed by atoms with Gasteiger partial charge in [0, 0.05) is 25.2 Å². The summed E-state index contributed by atoms with van der Waals surface area (Å²) in [5.74, 6) is -6.72. The lowest BCUT2D eigenvalue weighted by molar-refractivity contribution is -0.346. The first-order chi connectivity index (χ1) is 35.1. The van der Waals surface area contributed by atoms with Gasteiger partial charge in [-0.1, -0.05) is 132 Å². The number of halogens is 8. The summed E-state index contributed by atoms with van der Waals surface area (Å²) >= 11 is 35.3. The number of ketones is 1. The van der Waals surface area contributed by atoms with E-state index in [2.05, 4.69) is 5.32 Å². The number of benzene rings is 2. The maximum Gasteiger partial charge on any atom is 0.509 e. The Balaban J connectivity index is 1.60. The van der Waals surface area contributed by atoms with Gasteiger partial charge in [0.2, 0.25) is 7.59 Å². The Labute approximate surface area is 464 Å². The van der Waals surface area contributed by atoms with E-state index in [1.54, 1.807) is 12.1 Å². The van der Waals surface area contributed by atoms with Crippen molar-refractivity contribution >= 4 is 112 Å². The molecule has 0 radical (unpaired) electrons. The number of rotatable bonds is 14. The topological polar surface area (TPSA) is 255 Å². The van der Waals surface area contributed by atoms with E-state index in [4.69, 9.17) is 112 Å². The molecule has 6 rings (SSSR count). The molecule has 2 saturated carbocycles. The van der Waals surface area contributed by atoms with Gasteiger partial charge in [-0.25, -0.2) is 32.8 Å². The van der Waals surface area contributed by atoms with Gasteiger partial charge in [-0.2, -0.15) is 0 Å². The number of nitrogens with one attached hydrogen (secondary N) is 1. The third-order valence-electron chi connectivity index (χ3n) is 14.2. The lowest BCUT2D eigenvalue weighted by Crippen LogP contribution is -2.82. The summed E-state index contributed by atoms with van der Waals surface area (Å²) in [6.07, 6.45) is -20.9. The lowest BCUT2D eigenvalue weighted by atomic mass is 9.44. The standard InChI is InChI=1S/C49H53Cl6F2NO18/c1-23-27(71-38(63)32(60)31(25-14-10-8-11-15-25)58-40(64)76-44(5,6)39(56)57)19-47(67)36(74-37(62)26-16-12-9-13-17-26)34-45(7,35(61)33(30(23)43(47,3)4)73-42(66)70-22-49(53,54)55)28(72-41(65)69-21-48(50,51)52)18-29-46(34,20-68-29)75-24(2)59/h8-17,27-29,31-34,36,39,60,67H,18-22H2,1-7H3,(H,58,64)/t27-,28-,29+,31-,32+,33+,34-,36-,45+,46-,47+/m0/s1. The van der Waals surface area contributed by atoms with E-state index in [9.17, 15) is 47.8 Å². The SMILES string of the molecule is CC(=O)O[C@@]12CO[C@@H]1C[C@H](OC(=O)OCC(Cl)(Cl)Cl)[C@@]1(C)C(=O)[C@H](OC(=O)OCC(Cl)(Cl)Cl)C3=C(C)[C@@H](OC(=O)[C@H](O)[C@@H](NC(=O)OC(C)(C)C(F)F)c4ccccc4)C[C@@](O)([C@@H](OC(=O)c4ccccc4)[C@H]21)C3(C)C. The fraction of sp³-hybridized carbons (Fsp3) is 0.571. The van der Waals surface area contributed by atoms with E-state index in [0.717, 1.165) is 20.8 Å². The summed E-state index contributed by atoms with van der Waals surface area (Å²) in [4.78, 5) is 99.4. The number of carbonyl (C=O) groups is 7. The van der Waals surface area contributed by atoms with Gasteiger partial charge < -0.3 is 58.2 Å². The molecule has 11 atom stereocenters. The molecule has 0 spiro atoms. The molecule has 4 aliphatic rings. The number of esters is 3. The monoisotopic (exact) mass is 1190 g/mol. The third-order valence-corrected chi connectivity index (χ3v) is 14.8. The number of aliphatic hydroxyl groups excluding tert-OH is 1. The van der Waals surface area contributed by atoms with E-state index in [1.807, 2.05) is 0 Å². The number of alkyl halides is 8. The minimum absolute atomic E-state index is 0.0558. The summed E-state index contributed by atoms with van der Waals surface area (Å²) in [5.41, 5.74) is -12.1. The Kier molecular flexibility index (Phi) is 18.2. The largest absolute Gasteiger partial charge is 0.509 e. The molecule has 2 aromatic carbocycles. The number of aliphatic hydroxyl groups is 2. The van der Waals surface area contributed by atoms with Crippen molar-refractivity contribution in [3.8, 4) is 0 Å². The Hall–Kier alpha value is -4.45. The number of carbonyl (C=O) groups excluding carboxylic acids is 7. The zero-order chi connectivity index (χ0) is 56.7. The molecule has 3 N–H and O–H groups in total. The Morgan fingerprint density at radius 2 is 1.39 bits per heavy atom. The van der Waals surface area contributed by atoms with Crippen molar-refractivity contribution in [2.45, 2.75) is 135 Å².